The average Bonchev–Trinajstić information content (AvgIpc) is 2.28. The van der Waals surface area contributed by atoms with Crippen LogP contribution in [0.5, 0.6) is 0 Å². The number of rotatable bonds is 4. The molecule has 1 aromatic carbocycles. The maximum Gasteiger partial charge on any atom is 0.143 e. The molecule has 0 heterocycles. The second-order valence-corrected chi connectivity index (χ2v) is 5.05. The number of carbonyl (C=O) groups excluding carboxylic acids is 1. The van der Waals surface area contributed by atoms with Gasteiger partial charge in [-0.3, -0.25) is 4.79 Å². The molecule has 1 rings (SSSR count). The lowest BCUT2D eigenvalue weighted by Gasteiger charge is -2.31. The summed E-state index contributed by atoms with van der Waals surface area (Å²) in [6, 6.07) is 9.33. The maximum atomic E-state index is 12.0. The normalized spacial score (nSPS) is 13.9. The molecule has 2 nitrogen and oxygen atoms in total. The van der Waals surface area contributed by atoms with Crippen LogP contribution in [0.2, 0.25) is 0 Å². The van der Waals surface area contributed by atoms with Crippen LogP contribution in [0, 0.1) is 11.3 Å². The summed E-state index contributed by atoms with van der Waals surface area (Å²) in [6.07, 6.45) is -0.747. The van der Waals surface area contributed by atoms with E-state index in [0.29, 0.717) is 0 Å². The van der Waals surface area contributed by atoms with Gasteiger partial charge >= 0.3 is 0 Å². The summed E-state index contributed by atoms with van der Waals surface area (Å²) < 4.78 is 0. The fourth-order valence-corrected chi connectivity index (χ4v) is 1.93. The SMILES string of the molecule is CC(C)C(=O)C(C)(C)C(O)c1ccccc1. The Hall–Kier alpha value is -1.15. The van der Waals surface area contributed by atoms with E-state index in [0.717, 1.165) is 5.56 Å². The summed E-state index contributed by atoms with van der Waals surface area (Å²) in [5.41, 5.74) is 0.0525. The van der Waals surface area contributed by atoms with Crippen LogP contribution in [-0.2, 0) is 4.79 Å². The number of Topliss-reactive ketones (excluding diaryl/α,β-unsaturated/α-hetero) is 1. The summed E-state index contributed by atoms with van der Waals surface area (Å²) in [7, 11) is 0. The largest absolute Gasteiger partial charge is 0.387 e. The number of aliphatic hydroxyl groups excluding tert-OH is 1. The summed E-state index contributed by atoms with van der Waals surface area (Å²) >= 11 is 0. The lowest BCUT2D eigenvalue weighted by molar-refractivity contribution is -0.136. The third kappa shape index (κ3) is 2.50. The minimum absolute atomic E-state index is 0.0617. The smallest absolute Gasteiger partial charge is 0.143 e. The van der Waals surface area contributed by atoms with Gasteiger partial charge < -0.3 is 5.11 Å². The van der Waals surface area contributed by atoms with Gasteiger partial charge in [-0.1, -0.05) is 58.0 Å². The van der Waals surface area contributed by atoms with Crippen LogP contribution < -0.4 is 0 Å². The highest BCUT2D eigenvalue weighted by Gasteiger charge is 2.37. The zero-order chi connectivity index (χ0) is 12.3. The van der Waals surface area contributed by atoms with Crippen LogP contribution in [0.3, 0.4) is 0 Å². The third-order valence-corrected chi connectivity index (χ3v) is 2.96. The minimum Gasteiger partial charge on any atom is -0.387 e. The van der Waals surface area contributed by atoms with Crippen LogP contribution in [0.25, 0.3) is 0 Å². The van der Waals surface area contributed by atoms with Crippen LogP contribution in [-0.4, -0.2) is 10.9 Å². The van der Waals surface area contributed by atoms with Crippen molar-refractivity contribution < 1.29 is 9.90 Å². The van der Waals surface area contributed by atoms with Gasteiger partial charge in [-0.2, -0.15) is 0 Å². The Balaban J connectivity index is 2.97. The maximum absolute atomic E-state index is 12.0. The molecule has 0 saturated carbocycles. The molecule has 0 aliphatic heterocycles. The van der Waals surface area contributed by atoms with E-state index >= 15 is 0 Å². The van der Waals surface area contributed by atoms with Gasteiger partial charge in [-0.15, -0.1) is 0 Å². The summed E-state index contributed by atoms with van der Waals surface area (Å²) in [4.78, 5) is 12.0. The zero-order valence-corrected chi connectivity index (χ0v) is 10.4. The Labute approximate surface area is 97.3 Å². The molecular weight excluding hydrogens is 200 g/mol. The zero-order valence-electron chi connectivity index (χ0n) is 10.4. The first kappa shape index (κ1) is 12.9. The molecule has 1 atom stereocenters. The molecule has 0 aromatic heterocycles. The first-order valence-corrected chi connectivity index (χ1v) is 5.64. The van der Waals surface area contributed by atoms with Crippen molar-refractivity contribution in [3.8, 4) is 0 Å². The van der Waals surface area contributed by atoms with Gasteiger partial charge in [0.25, 0.3) is 0 Å². The molecule has 0 radical (unpaired) electrons. The highest BCUT2D eigenvalue weighted by atomic mass is 16.3. The van der Waals surface area contributed by atoms with Gasteiger partial charge in [0.15, 0.2) is 0 Å². The number of ketones is 1. The molecule has 0 fully saturated rings. The van der Waals surface area contributed by atoms with Crippen LogP contribution in [0.1, 0.15) is 39.4 Å². The van der Waals surface area contributed by atoms with Gasteiger partial charge in [0.2, 0.25) is 0 Å². The van der Waals surface area contributed by atoms with Crippen molar-refractivity contribution in [1.29, 1.82) is 0 Å². The van der Waals surface area contributed by atoms with Crippen molar-refractivity contribution >= 4 is 5.78 Å². The van der Waals surface area contributed by atoms with E-state index in [-0.39, 0.29) is 11.7 Å². The molecule has 2 heteroatoms. The minimum atomic E-state index is -0.747. The van der Waals surface area contributed by atoms with E-state index in [1.807, 2.05) is 44.2 Å². The van der Waals surface area contributed by atoms with E-state index < -0.39 is 11.5 Å². The quantitative estimate of drug-likeness (QED) is 0.847. The van der Waals surface area contributed by atoms with Crippen molar-refractivity contribution in [2.45, 2.75) is 33.8 Å². The summed E-state index contributed by atoms with van der Waals surface area (Å²) in [6.45, 7) is 7.32. The highest BCUT2D eigenvalue weighted by molar-refractivity contribution is 5.86. The van der Waals surface area contributed by atoms with E-state index in [1.54, 1.807) is 13.8 Å². The number of hydrogen-bond donors (Lipinski definition) is 1. The van der Waals surface area contributed by atoms with Gasteiger partial charge in [-0.05, 0) is 5.56 Å². The standard InChI is InChI=1S/C14H20O2/c1-10(2)12(15)14(3,4)13(16)11-8-6-5-7-9-11/h5-10,13,16H,1-4H3. The molecule has 88 valence electrons. The Morgan fingerprint density at radius 2 is 1.69 bits per heavy atom. The molecule has 1 aromatic rings. The molecule has 1 unspecified atom stereocenters. The second kappa shape index (κ2) is 4.79. The predicted octanol–water partition coefficient (Wildman–Crippen LogP) is 2.97. The fraction of sp³-hybridized carbons (Fsp3) is 0.500. The van der Waals surface area contributed by atoms with Crippen molar-refractivity contribution in [1.82, 2.24) is 0 Å². The van der Waals surface area contributed by atoms with Crippen LogP contribution >= 0.6 is 0 Å². The third-order valence-electron chi connectivity index (χ3n) is 2.96. The molecular formula is C14H20O2. The number of hydrogen-bond acceptors (Lipinski definition) is 2. The average molecular weight is 220 g/mol. The molecule has 0 saturated heterocycles. The topological polar surface area (TPSA) is 37.3 Å². The van der Waals surface area contributed by atoms with E-state index in [9.17, 15) is 9.90 Å². The van der Waals surface area contributed by atoms with Crippen molar-refractivity contribution in [3.05, 3.63) is 35.9 Å². The highest BCUT2D eigenvalue weighted by Crippen LogP contribution is 2.35. The van der Waals surface area contributed by atoms with Gasteiger partial charge in [0.05, 0.1) is 11.5 Å². The lowest BCUT2D eigenvalue weighted by atomic mass is 9.75. The fourth-order valence-electron chi connectivity index (χ4n) is 1.93. The van der Waals surface area contributed by atoms with Gasteiger partial charge in [0.1, 0.15) is 5.78 Å². The lowest BCUT2D eigenvalue weighted by Crippen LogP contribution is -2.34. The van der Waals surface area contributed by atoms with Crippen molar-refractivity contribution in [2.24, 2.45) is 11.3 Å². The molecule has 0 aliphatic carbocycles. The summed E-state index contributed by atoms with van der Waals surface area (Å²) in [5.74, 6) is 0.0252. The van der Waals surface area contributed by atoms with Crippen molar-refractivity contribution in [2.75, 3.05) is 0 Å². The number of carbonyl (C=O) groups is 1. The first-order chi connectivity index (χ1) is 7.37. The number of benzene rings is 1. The van der Waals surface area contributed by atoms with Gasteiger partial charge in [0, 0.05) is 5.92 Å². The molecule has 0 spiro atoms. The van der Waals surface area contributed by atoms with E-state index in [2.05, 4.69) is 0 Å². The first-order valence-electron chi connectivity index (χ1n) is 5.64. The van der Waals surface area contributed by atoms with Crippen LogP contribution in [0.15, 0.2) is 30.3 Å². The Morgan fingerprint density at radius 1 is 1.19 bits per heavy atom. The Kier molecular flexibility index (Phi) is 3.87. The van der Waals surface area contributed by atoms with Crippen molar-refractivity contribution in [3.63, 3.8) is 0 Å². The number of aliphatic hydroxyl groups is 1. The van der Waals surface area contributed by atoms with E-state index in [1.165, 1.54) is 0 Å². The summed E-state index contributed by atoms with van der Waals surface area (Å²) in [5, 5.41) is 10.2. The molecule has 0 amide bonds. The molecule has 0 aliphatic rings. The Morgan fingerprint density at radius 3 is 2.12 bits per heavy atom. The molecule has 0 bridgehead atoms. The molecule has 16 heavy (non-hydrogen) atoms. The van der Waals surface area contributed by atoms with Crippen LogP contribution in [0.4, 0.5) is 0 Å². The predicted molar refractivity (Wildman–Crippen MR) is 65.0 cm³/mol. The van der Waals surface area contributed by atoms with E-state index in [4.69, 9.17) is 0 Å². The Bertz CT molecular complexity index is 352. The van der Waals surface area contributed by atoms with Gasteiger partial charge in [-0.25, -0.2) is 0 Å². The molecule has 1 N–H and O–H groups in total. The monoisotopic (exact) mass is 220 g/mol. The second-order valence-electron chi connectivity index (χ2n) is 5.05.